The van der Waals surface area contributed by atoms with Gasteiger partial charge in [0.2, 0.25) is 0 Å². The highest BCUT2D eigenvalue weighted by molar-refractivity contribution is 5.20. The fraction of sp³-hybridized carbons (Fsp3) is 0.389. The summed E-state index contributed by atoms with van der Waals surface area (Å²) in [5.74, 6) is 0. The predicted octanol–water partition coefficient (Wildman–Crippen LogP) is 3.03. The van der Waals surface area contributed by atoms with Gasteiger partial charge >= 0.3 is 0 Å². The molecule has 2 aromatic rings. The van der Waals surface area contributed by atoms with Crippen LogP contribution in [0.4, 0.5) is 0 Å². The van der Waals surface area contributed by atoms with Crippen LogP contribution in [-0.4, -0.2) is 29.5 Å². The van der Waals surface area contributed by atoms with Gasteiger partial charge in [0.25, 0.3) is 0 Å². The summed E-state index contributed by atoms with van der Waals surface area (Å²) in [6.45, 7) is 3.17. The lowest BCUT2D eigenvalue weighted by Crippen LogP contribution is -2.41. The molecular formula is C18H25N3. The van der Waals surface area contributed by atoms with Crippen LogP contribution in [-0.2, 0) is 6.42 Å². The van der Waals surface area contributed by atoms with E-state index in [1.54, 1.807) is 0 Å². The minimum absolute atomic E-state index is 0.0462. The Hall–Kier alpha value is -1.71. The average Bonchev–Trinajstić information content (AvgIpc) is 2.55. The lowest BCUT2D eigenvalue weighted by Gasteiger charge is -2.32. The van der Waals surface area contributed by atoms with Gasteiger partial charge in [0.15, 0.2) is 0 Å². The van der Waals surface area contributed by atoms with E-state index in [9.17, 15) is 0 Å². The number of hydrogen-bond acceptors (Lipinski definition) is 3. The van der Waals surface area contributed by atoms with Gasteiger partial charge in [-0.1, -0.05) is 43.3 Å². The number of nitrogens with two attached hydrogens (primary N) is 1. The topological polar surface area (TPSA) is 42.1 Å². The van der Waals surface area contributed by atoms with Crippen LogP contribution in [0.15, 0.2) is 54.7 Å². The van der Waals surface area contributed by atoms with Gasteiger partial charge in [0, 0.05) is 36.9 Å². The largest absolute Gasteiger partial charge is 0.323 e. The summed E-state index contributed by atoms with van der Waals surface area (Å²) in [7, 11) is 2.15. The Morgan fingerprint density at radius 2 is 1.81 bits per heavy atom. The van der Waals surface area contributed by atoms with E-state index in [1.165, 1.54) is 5.56 Å². The van der Waals surface area contributed by atoms with E-state index < -0.39 is 0 Å². The van der Waals surface area contributed by atoms with Crippen LogP contribution in [0.1, 0.15) is 30.6 Å². The minimum atomic E-state index is 0.0462. The van der Waals surface area contributed by atoms with Gasteiger partial charge in [0.05, 0.1) is 0 Å². The second-order valence-electron chi connectivity index (χ2n) is 5.46. The Balaban J connectivity index is 1.96. The maximum Gasteiger partial charge on any atom is 0.0452 e. The van der Waals surface area contributed by atoms with E-state index in [-0.39, 0.29) is 6.04 Å². The van der Waals surface area contributed by atoms with Crippen molar-refractivity contribution in [3.05, 3.63) is 66.0 Å². The molecule has 0 spiro atoms. The van der Waals surface area contributed by atoms with E-state index in [0.717, 1.165) is 25.1 Å². The average molecular weight is 283 g/mol. The van der Waals surface area contributed by atoms with Crippen molar-refractivity contribution in [2.75, 3.05) is 13.6 Å². The first-order valence-electron chi connectivity index (χ1n) is 7.63. The predicted molar refractivity (Wildman–Crippen MR) is 88.0 cm³/mol. The summed E-state index contributed by atoms with van der Waals surface area (Å²) in [5.41, 5.74) is 8.80. The maximum atomic E-state index is 6.46. The number of aromatic nitrogens is 1. The Morgan fingerprint density at radius 3 is 2.43 bits per heavy atom. The molecule has 0 saturated heterocycles. The molecule has 3 nitrogen and oxygen atoms in total. The minimum Gasteiger partial charge on any atom is -0.323 e. The van der Waals surface area contributed by atoms with Crippen LogP contribution in [0.25, 0.3) is 0 Å². The molecule has 112 valence electrons. The van der Waals surface area contributed by atoms with Crippen molar-refractivity contribution in [3.8, 4) is 0 Å². The zero-order valence-corrected chi connectivity index (χ0v) is 12.9. The van der Waals surface area contributed by atoms with Crippen LogP contribution in [0.5, 0.6) is 0 Å². The molecule has 0 bridgehead atoms. The Labute approximate surface area is 127 Å². The lowest BCUT2D eigenvalue weighted by molar-refractivity contribution is 0.207. The van der Waals surface area contributed by atoms with Crippen molar-refractivity contribution in [1.82, 2.24) is 9.88 Å². The molecule has 0 radical (unpaired) electrons. The fourth-order valence-corrected chi connectivity index (χ4v) is 2.74. The summed E-state index contributed by atoms with van der Waals surface area (Å²) in [5, 5.41) is 0. The van der Waals surface area contributed by atoms with Crippen molar-refractivity contribution in [3.63, 3.8) is 0 Å². The van der Waals surface area contributed by atoms with E-state index in [0.29, 0.717) is 6.04 Å². The van der Waals surface area contributed by atoms with Crippen LogP contribution in [0.3, 0.4) is 0 Å². The highest BCUT2D eigenvalue weighted by Crippen LogP contribution is 2.20. The summed E-state index contributed by atoms with van der Waals surface area (Å²) in [6, 6.07) is 16.8. The zero-order chi connectivity index (χ0) is 15.1. The molecule has 1 aromatic carbocycles. The highest BCUT2D eigenvalue weighted by Gasteiger charge is 2.21. The molecule has 2 atom stereocenters. The molecule has 0 aliphatic rings. The third kappa shape index (κ3) is 4.38. The third-order valence-corrected chi connectivity index (χ3v) is 4.03. The number of rotatable bonds is 7. The van der Waals surface area contributed by atoms with Gasteiger partial charge in [0.1, 0.15) is 0 Å². The second kappa shape index (κ2) is 7.91. The molecule has 2 unspecified atom stereocenters. The molecule has 2 rings (SSSR count). The standard InChI is InChI=1S/C18H25N3/c1-3-17(18(19)15-9-5-4-6-10-15)21(2)14-12-16-11-7-8-13-20-16/h4-11,13,17-18H,3,12,14,19H2,1-2H3. The van der Waals surface area contributed by atoms with Gasteiger partial charge in [-0.3, -0.25) is 4.98 Å². The first-order valence-corrected chi connectivity index (χ1v) is 7.63. The van der Waals surface area contributed by atoms with Gasteiger partial charge in [-0.2, -0.15) is 0 Å². The Bertz CT molecular complexity index is 513. The first-order chi connectivity index (χ1) is 10.2. The lowest BCUT2D eigenvalue weighted by atomic mass is 9.97. The fourth-order valence-electron chi connectivity index (χ4n) is 2.74. The van der Waals surface area contributed by atoms with E-state index >= 15 is 0 Å². The van der Waals surface area contributed by atoms with Gasteiger partial charge in [-0.25, -0.2) is 0 Å². The van der Waals surface area contributed by atoms with Crippen LogP contribution in [0.2, 0.25) is 0 Å². The third-order valence-electron chi connectivity index (χ3n) is 4.03. The van der Waals surface area contributed by atoms with E-state index in [2.05, 4.69) is 54.2 Å². The highest BCUT2D eigenvalue weighted by atomic mass is 15.1. The number of hydrogen-bond donors (Lipinski definition) is 1. The summed E-state index contributed by atoms with van der Waals surface area (Å²) in [6.07, 6.45) is 3.84. The summed E-state index contributed by atoms with van der Waals surface area (Å²) in [4.78, 5) is 6.73. The van der Waals surface area contributed by atoms with Gasteiger partial charge in [-0.15, -0.1) is 0 Å². The molecule has 3 heteroatoms. The molecule has 0 aliphatic heterocycles. The van der Waals surface area contributed by atoms with Gasteiger partial charge < -0.3 is 10.6 Å². The van der Waals surface area contributed by atoms with Crippen molar-refractivity contribution < 1.29 is 0 Å². The van der Waals surface area contributed by atoms with Crippen LogP contribution in [0, 0.1) is 0 Å². The van der Waals surface area contributed by atoms with Crippen LogP contribution < -0.4 is 5.73 Å². The molecular weight excluding hydrogens is 258 g/mol. The number of nitrogens with zero attached hydrogens (tertiary/aromatic N) is 2. The molecule has 0 fully saturated rings. The van der Waals surface area contributed by atoms with Crippen molar-refractivity contribution in [1.29, 1.82) is 0 Å². The number of pyridine rings is 1. The Morgan fingerprint density at radius 1 is 1.10 bits per heavy atom. The van der Waals surface area contributed by atoms with Gasteiger partial charge in [-0.05, 0) is 31.2 Å². The number of likely N-dealkylation sites (N-methyl/N-ethyl adjacent to an activating group) is 1. The SMILES string of the molecule is CCC(C(N)c1ccccc1)N(C)CCc1ccccn1. The molecule has 1 aromatic heterocycles. The summed E-state index contributed by atoms with van der Waals surface area (Å²) < 4.78 is 0. The zero-order valence-electron chi connectivity index (χ0n) is 12.9. The Kier molecular flexibility index (Phi) is 5.90. The van der Waals surface area contributed by atoms with Crippen molar-refractivity contribution >= 4 is 0 Å². The van der Waals surface area contributed by atoms with E-state index in [4.69, 9.17) is 5.73 Å². The monoisotopic (exact) mass is 283 g/mol. The molecule has 0 aliphatic carbocycles. The normalized spacial score (nSPS) is 14.1. The quantitative estimate of drug-likeness (QED) is 0.849. The molecule has 1 heterocycles. The van der Waals surface area contributed by atoms with Crippen molar-refractivity contribution in [2.45, 2.75) is 31.8 Å². The smallest absolute Gasteiger partial charge is 0.0452 e. The molecule has 0 saturated carbocycles. The maximum absolute atomic E-state index is 6.46. The number of benzene rings is 1. The molecule has 21 heavy (non-hydrogen) atoms. The first kappa shape index (κ1) is 15.7. The summed E-state index contributed by atoms with van der Waals surface area (Å²) >= 11 is 0. The van der Waals surface area contributed by atoms with E-state index in [1.807, 2.05) is 24.4 Å². The molecule has 0 amide bonds. The van der Waals surface area contributed by atoms with Crippen molar-refractivity contribution in [2.24, 2.45) is 5.73 Å². The van der Waals surface area contributed by atoms with Crippen LogP contribution >= 0.6 is 0 Å². The second-order valence-corrected chi connectivity index (χ2v) is 5.46. The molecule has 2 N–H and O–H groups in total.